The van der Waals surface area contributed by atoms with Crippen molar-refractivity contribution < 1.29 is 5.11 Å². The van der Waals surface area contributed by atoms with Crippen molar-refractivity contribution in [1.82, 2.24) is 4.90 Å². The van der Waals surface area contributed by atoms with E-state index in [-0.39, 0.29) is 0 Å². The highest BCUT2D eigenvalue weighted by molar-refractivity contribution is 5.23. The van der Waals surface area contributed by atoms with Gasteiger partial charge in [-0.15, -0.1) is 0 Å². The minimum atomic E-state index is -0.660. The molecule has 3 aliphatic heterocycles. The Morgan fingerprint density at radius 2 is 1.33 bits per heavy atom. The summed E-state index contributed by atoms with van der Waals surface area (Å²) in [6.45, 7) is 3.49. The molecule has 3 heterocycles. The zero-order chi connectivity index (χ0) is 16.4. The number of benzene rings is 2. The Morgan fingerprint density at radius 3 is 1.75 bits per heavy atom. The van der Waals surface area contributed by atoms with E-state index in [1.807, 2.05) is 12.1 Å². The fourth-order valence-electron chi connectivity index (χ4n) is 4.80. The van der Waals surface area contributed by atoms with Crippen LogP contribution in [0.2, 0.25) is 0 Å². The standard InChI is InChI=1S/C22H27NO/c24-22(15-18-7-3-1-4-8-18,16-19-9-5-2-6-10-19)21-17-23-13-11-20(21)12-14-23/h1-10,20-21,24H,11-17H2/t21-/m0/s1. The Kier molecular flexibility index (Phi) is 4.43. The number of hydrogen-bond donors (Lipinski definition) is 1. The lowest BCUT2D eigenvalue weighted by Crippen LogP contribution is -2.57. The first-order valence-corrected chi connectivity index (χ1v) is 9.25. The van der Waals surface area contributed by atoms with Crippen LogP contribution in [-0.4, -0.2) is 35.2 Å². The largest absolute Gasteiger partial charge is 0.389 e. The molecule has 0 radical (unpaired) electrons. The van der Waals surface area contributed by atoms with Crippen LogP contribution in [0.25, 0.3) is 0 Å². The number of hydrogen-bond acceptors (Lipinski definition) is 2. The van der Waals surface area contributed by atoms with Crippen molar-refractivity contribution in [3.63, 3.8) is 0 Å². The van der Waals surface area contributed by atoms with Gasteiger partial charge in [0.05, 0.1) is 5.60 Å². The Balaban J connectivity index is 1.63. The lowest BCUT2D eigenvalue weighted by atomic mass is 9.66. The maximum Gasteiger partial charge on any atom is 0.0770 e. The van der Waals surface area contributed by atoms with Gasteiger partial charge < -0.3 is 10.0 Å². The highest BCUT2D eigenvalue weighted by atomic mass is 16.3. The summed E-state index contributed by atoms with van der Waals surface area (Å²) in [6, 6.07) is 21.0. The first-order valence-electron chi connectivity index (χ1n) is 9.25. The smallest absolute Gasteiger partial charge is 0.0770 e. The number of piperidine rings is 3. The minimum absolute atomic E-state index is 0.375. The molecule has 0 unspecified atom stereocenters. The van der Waals surface area contributed by atoms with Gasteiger partial charge in [-0.2, -0.15) is 0 Å². The van der Waals surface area contributed by atoms with Gasteiger partial charge in [-0.05, 0) is 43.0 Å². The molecule has 2 bridgehead atoms. The van der Waals surface area contributed by atoms with E-state index in [1.54, 1.807) is 0 Å². The monoisotopic (exact) mass is 321 g/mol. The second-order valence-electron chi connectivity index (χ2n) is 7.67. The average Bonchev–Trinajstić information content (AvgIpc) is 2.64. The molecule has 2 aromatic carbocycles. The zero-order valence-corrected chi connectivity index (χ0v) is 14.3. The van der Waals surface area contributed by atoms with E-state index in [2.05, 4.69) is 53.4 Å². The molecular formula is C22H27NO. The van der Waals surface area contributed by atoms with Crippen LogP contribution in [0.5, 0.6) is 0 Å². The van der Waals surface area contributed by atoms with Crippen LogP contribution >= 0.6 is 0 Å². The Morgan fingerprint density at radius 1 is 0.833 bits per heavy atom. The first kappa shape index (κ1) is 15.9. The van der Waals surface area contributed by atoms with Crippen LogP contribution in [0.15, 0.2) is 60.7 Å². The van der Waals surface area contributed by atoms with E-state index >= 15 is 0 Å². The van der Waals surface area contributed by atoms with E-state index in [4.69, 9.17) is 0 Å². The molecule has 5 rings (SSSR count). The third kappa shape index (κ3) is 3.26. The summed E-state index contributed by atoms with van der Waals surface area (Å²) in [5, 5.41) is 11.8. The van der Waals surface area contributed by atoms with Crippen LogP contribution in [0.1, 0.15) is 24.0 Å². The molecule has 3 saturated heterocycles. The second-order valence-corrected chi connectivity index (χ2v) is 7.67. The van der Waals surface area contributed by atoms with Gasteiger partial charge in [0.15, 0.2) is 0 Å². The fourth-order valence-corrected chi connectivity index (χ4v) is 4.80. The van der Waals surface area contributed by atoms with Crippen LogP contribution < -0.4 is 0 Å². The van der Waals surface area contributed by atoms with Crippen molar-refractivity contribution in [2.45, 2.75) is 31.3 Å². The highest BCUT2D eigenvalue weighted by Gasteiger charge is 2.46. The summed E-state index contributed by atoms with van der Waals surface area (Å²) in [5.74, 6) is 1.05. The topological polar surface area (TPSA) is 23.5 Å². The fraction of sp³-hybridized carbons (Fsp3) is 0.455. The molecule has 0 spiro atoms. The molecule has 24 heavy (non-hydrogen) atoms. The molecule has 0 saturated carbocycles. The van der Waals surface area contributed by atoms with Gasteiger partial charge >= 0.3 is 0 Å². The van der Waals surface area contributed by atoms with E-state index in [0.29, 0.717) is 11.8 Å². The molecule has 3 aliphatic rings. The molecule has 1 N–H and O–H groups in total. The Hall–Kier alpha value is -1.64. The Labute approximate surface area is 145 Å². The van der Waals surface area contributed by atoms with Crippen molar-refractivity contribution in [2.24, 2.45) is 11.8 Å². The number of nitrogens with zero attached hydrogens (tertiary/aromatic N) is 1. The molecule has 126 valence electrons. The maximum absolute atomic E-state index is 11.8. The number of aliphatic hydroxyl groups is 1. The van der Waals surface area contributed by atoms with Crippen LogP contribution in [0.4, 0.5) is 0 Å². The summed E-state index contributed by atoms with van der Waals surface area (Å²) in [6.07, 6.45) is 3.99. The van der Waals surface area contributed by atoms with Crippen molar-refractivity contribution in [1.29, 1.82) is 0 Å². The summed E-state index contributed by atoms with van der Waals surface area (Å²) >= 11 is 0. The van der Waals surface area contributed by atoms with Gasteiger partial charge in [-0.25, -0.2) is 0 Å². The number of fused-ring (bicyclic) bond motifs is 3. The lowest BCUT2D eigenvalue weighted by molar-refractivity contribution is -0.0956. The third-order valence-corrected chi connectivity index (χ3v) is 6.05. The van der Waals surface area contributed by atoms with Crippen molar-refractivity contribution >= 4 is 0 Å². The van der Waals surface area contributed by atoms with Crippen LogP contribution in [-0.2, 0) is 12.8 Å². The van der Waals surface area contributed by atoms with Crippen molar-refractivity contribution in [3.05, 3.63) is 71.8 Å². The highest BCUT2D eigenvalue weighted by Crippen LogP contribution is 2.41. The van der Waals surface area contributed by atoms with Gasteiger partial charge in [0.1, 0.15) is 0 Å². The molecule has 2 nitrogen and oxygen atoms in total. The number of rotatable bonds is 5. The average molecular weight is 321 g/mol. The van der Waals surface area contributed by atoms with Crippen molar-refractivity contribution in [3.8, 4) is 0 Å². The van der Waals surface area contributed by atoms with E-state index in [1.165, 1.54) is 37.1 Å². The summed E-state index contributed by atoms with van der Waals surface area (Å²) in [5.41, 5.74) is 1.83. The normalized spacial score (nSPS) is 26.5. The first-order chi connectivity index (χ1) is 11.7. The molecule has 1 atom stereocenters. The lowest BCUT2D eigenvalue weighted by Gasteiger charge is -2.51. The second kappa shape index (κ2) is 6.70. The predicted octanol–water partition coefficient (Wildman–Crippen LogP) is 3.54. The van der Waals surface area contributed by atoms with E-state index in [9.17, 15) is 5.11 Å². The SMILES string of the molecule is OC(Cc1ccccc1)(Cc1ccccc1)[C@H]1CN2CCC1CC2. The van der Waals surface area contributed by atoms with Gasteiger partial charge in [-0.1, -0.05) is 60.7 Å². The molecule has 0 aromatic heterocycles. The summed E-state index contributed by atoms with van der Waals surface area (Å²) in [4.78, 5) is 2.55. The van der Waals surface area contributed by atoms with Gasteiger partial charge in [0, 0.05) is 25.3 Å². The predicted molar refractivity (Wildman–Crippen MR) is 97.9 cm³/mol. The van der Waals surface area contributed by atoms with Crippen LogP contribution in [0.3, 0.4) is 0 Å². The van der Waals surface area contributed by atoms with E-state index in [0.717, 1.165) is 19.4 Å². The Bertz CT molecular complexity index is 605. The molecule has 0 aliphatic carbocycles. The van der Waals surface area contributed by atoms with Gasteiger partial charge in [0.25, 0.3) is 0 Å². The molecule has 3 fully saturated rings. The van der Waals surface area contributed by atoms with Gasteiger partial charge in [-0.3, -0.25) is 0 Å². The minimum Gasteiger partial charge on any atom is -0.389 e. The van der Waals surface area contributed by atoms with Gasteiger partial charge in [0.2, 0.25) is 0 Å². The van der Waals surface area contributed by atoms with Crippen molar-refractivity contribution in [2.75, 3.05) is 19.6 Å². The summed E-state index contributed by atoms with van der Waals surface area (Å²) < 4.78 is 0. The van der Waals surface area contributed by atoms with Crippen LogP contribution in [0, 0.1) is 11.8 Å². The molecule has 0 amide bonds. The summed E-state index contributed by atoms with van der Waals surface area (Å²) in [7, 11) is 0. The zero-order valence-electron chi connectivity index (χ0n) is 14.3. The molecule has 2 aromatic rings. The molecular weight excluding hydrogens is 294 g/mol. The maximum atomic E-state index is 11.8. The molecule has 2 heteroatoms. The third-order valence-electron chi connectivity index (χ3n) is 6.05. The van der Waals surface area contributed by atoms with E-state index < -0.39 is 5.60 Å². The quantitative estimate of drug-likeness (QED) is 0.910.